The van der Waals surface area contributed by atoms with Gasteiger partial charge in [-0.1, -0.05) is 29.8 Å². The van der Waals surface area contributed by atoms with Crippen molar-refractivity contribution in [2.24, 2.45) is 0 Å². The van der Waals surface area contributed by atoms with Gasteiger partial charge in [0.2, 0.25) is 0 Å². The van der Waals surface area contributed by atoms with Crippen molar-refractivity contribution in [1.29, 1.82) is 0 Å². The monoisotopic (exact) mass is 394 g/mol. The first-order chi connectivity index (χ1) is 12.4. The molecular weight excluding hydrogens is 376 g/mol. The lowest BCUT2D eigenvalue weighted by atomic mass is 9.92. The molecule has 1 saturated heterocycles. The minimum atomic E-state index is -1.21. The fourth-order valence-electron chi connectivity index (χ4n) is 2.81. The summed E-state index contributed by atoms with van der Waals surface area (Å²) in [6.07, 6.45) is -0.966. The van der Waals surface area contributed by atoms with Gasteiger partial charge in [-0.25, -0.2) is 4.79 Å². The quantitative estimate of drug-likeness (QED) is 0.708. The number of hydrogen-bond donors (Lipinski definition) is 2. The minimum Gasteiger partial charge on any atom is -0.389 e. The van der Waals surface area contributed by atoms with Crippen LogP contribution < -0.4 is 5.32 Å². The Bertz CT molecular complexity index is 798. The number of β-amino-alcohol motifs (C(OH)–C–C–N with tert-alkyl or cyclic N) is 1. The zero-order valence-corrected chi connectivity index (χ0v) is 15.7. The maximum Gasteiger partial charge on any atom is 0.325 e. The number of thiophene rings is 1. The number of hydrogen-bond acceptors (Lipinski definition) is 5. The summed E-state index contributed by atoms with van der Waals surface area (Å²) in [6.45, 7) is 1.90. The van der Waals surface area contributed by atoms with Crippen molar-refractivity contribution >= 4 is 34.9 Å². The van der Waals surface area contributed by atoms with Crippen LogP contribution in [0.25, 0.3) is 0 Å². The highest BCUT2D eigenvalue weighted by Crippen LogP contribution is 2.30. The molecule has 3 rings (SSSR count). The number of carbonyl (C=O) groups is 2. The molecular formula is C18H19ClN2O4S. The van der Waals surface area contributed by atoms with Crippen LogP contribution >= 0.6 is 22.9 Å². The SMILES string of the molecule is C[C@]1(c2cccc(Cl)c2)NC(=O)N(C[C@@H](O)COCc2cccs2)C1=O. The van der Waals surface area contributed by atoms with Crippen LogP contribution in [0, 0.1) is 0 Å². The van der Waals surface area contributed by atoms with Gasteiger partial charge < -0.3 is 15.2 Å². The molecule has 26 heavy (non-hydrogen) atoms. The number of carbonyl (C=O) groups excluding carboxylic acids is 2. The number of urea groups is 1. The minimum absolute atomic E-state index is 0.0306. The first-order valence-corrected chi connectivity index (χ1v) is 9.34. The highest BCUT2D eigenvalue weighted by molar-refractivity contribution is 7.09. The van der Waals surface area contributed by atoms with Crippen LogP contribution in [0.15, 0.2) is 41.8 Å². The largest absolute Gasteiger partial charge is 0.389 e. The zero-order valence-electron chi connectivity index (χ0n) is 14.1. The lowest BCUT2D eigenvalue weighted by Crippen LogP contribution is -2.42. The number of amides is 3. The van der Waals surface area contributed by atoms with E-state index in [9.17, 15) is 14.7 Å². The Morgan fingerprint density at radius 3 is 2.85 bits per heavy atom. The highest BCUT2D eigenvalue weighted by atomic mass is 35.5. The molecule has 3 amide bonds. The van der Waals surface area contributed by atoms with Crippen LogP contribution in [0.4, 0.5) is 4.79 Å². The molecule has 2 atom stereocenters. The molecule has 0 spiro atoms. The summed E-state index contributed by atoms with van der Waals surface area (Å²) in [5, 5.41) is 15.2. The molecule has 0 aliphatic carbocycles. The van der Waals surface area contributed by atoms with E-state index in [4.69, 9.17) is 16.3 Å². The first kappa shape index (κ1) is 18.8. The summed E-state index contributed by atoms with van der Waals surface area (Å²) in [4.78, 5) is 27.1. The van der Waals surface area contributed by atoms with E-state index in [2.05, 4.69) is 5.32 Å². The van der Waals surface area contributed by atoms with Crippen molar-refractivity contribution in [1.82, 2.24) is 10.2 Å². The lowest BCUT2D eigenvalue weighted by molar-refractivity contribution is -0.132. The summed E-state index contributed by atoms with van der Waals surface area (Å²) >= 11 is 7.56. The third-order valence-corrected chi connectivity index (χ3v) is 5.29. The molecule has 0 saturated carbocycles. The number of benzene rings is 1. The van der Waals surface area contributed by atoms with Gasteiger partial charge in [-0.2, -0.15) is 0 Å². The van der Waals surface area contributed by atoms with Gasteiger partial charge in [0, 0.05) is 9.90 Å². The van der Waals surface area contributed by atoms with E-state index in [1.54, 1.807) is 42.5 Å². The Balaban J connectivity index is 1.61. The van der Waals surface area contributed by atoms with Gasteiger partial charge in [0.05, 0.1) is 25.9 Å². The van der Waals surface area contributed by atoms with Crippen molar-refractivity contribution in [2.45, 2.75) is 25.2 Å². The van der Waals surface area contributed by atoms with E-state index in [0.29, 0.717) is 17.2 Å². The molecule has 2 N–H and O–H groups in total. The van der Waals surface area contributed by atoms with Gasteiger partial charge >= 0.3 is 6.03 Å². The van der Waals surface area contributed by atoms with Gasteiger partial charge in [-0.15, -0.1) is 11.3 Å². The molecule has 1 aromatic carbocycles. The molecule has 8 heteroatoms. The first-order valence-electron chi connectivity index (χ1n) is 8.08. The molecule has 0 bridgehead atoms. The van der Waals surface area contributed by atoms with Crippen LogP contribution in [0.5, 0.6) is 0 Å². The van der Waals surface area contributed by atoms with Crippen molar-refractivity contribution in [3.8, 4) is 0 Å². The van der Waals surface area contributed by atoms with Crippen LogP contribution in [0.2, 0.25) is 5.02 Å². The smallest absolute Gasteiger partial charge is 0.325 e. The lowest BCUT2D eigenvalue weighted by Gasteiger charge is -2.23. The number of nitrogens with zero attached hydrogens (tertiary/aromatic N) is 1. The van der Waals surface area contributed by atoms with Gasteiger partial charge in [-0.3, -0.25) is 9.69 Å². The Hall–Kier alpha value is -1.93. The molecule has 138 valence electrons. The van der Waals surface area contributed by atoms with E-state index >= 15 is 0 Å². The van der Waals surface area contributed by atoms with Crippen LogP contribution in [0.3, 0.4) is 0 Å². The van der Waals surface area contributed by atoms with Crippen LogP contribution in [-0.2, 0) is 21.7 Å². The Morgan fingerprint density at radius 2 is 2.15 bits per heavy atom. The fourth-order valence-corrected chi connectivity index (χ4v) is 3.64. The van der Waals surface area contributed by atoms with Gasteiger partial charge in [0.15, 0.2) is 0 Å². The van der Waals surface area contributed by atoms with Crippen molar-refractivity contribution in [3.63, 3.8) is 0 Å². The summed E-state index contributed by atoms with van der Waals surface area (Å²) in [6, 6.07) is 10.1. The number of rotatable bonds is 7. The van der Waals surface area contributed by atoms with E-state index in [1.165, 1.54) is 0 Å². The third kappa shape index (κ3) is 3.91. The molecule has 6 nitrogen and oxygen atoms in total. The van der Waals surface area contributed by atoms with Crippen molar-refractivity contribution in [3.05, 3.63) is 57.2 Å². The standard InChI is InChI=1S/C18H19ClN2O4S/c1-18(12-4-2-5-13(19)8-12)16(23)21(17(24)20-18)9-14(22)10-25-11-15-6-3-7-26-15/h2-8,14,22H,9-11H2,1H3,(H,20,24)/t14-,18-/m1/s1. The normalized spacial score (nSPS) is 21.1. The number of aliphatic hydroxyl groups is 1. The Kier molecular flexibility index (Phi) is 5.62. The van der Waals surface area contributed by atoms with E-state index in [-0.39, 0.29) is 13.2 Å². The number of ether oxygens (including phenoxy) is 1. The fraction of sp³-hybridized carbons (Fsp3) is 0.333. The average Bonchev–Trinajstić information content (AvgIpc) is 3.18. The van der Waals surface area contributed by atoms with Gasteiger partial charge in [0.25, 0.3) is 5.91 Å². The van der Waals surface area contributed by atoms with Gasteiger partial charge in [0.1, 0.15) is 5.54 Å². The second kappa shape index (κ2) is 7.75. The topological polar surface area (TPSA) is 78.9 Å². The third-order valence-electron chi connectivity index (χ3n) is 4.20. The summed E-state index contributed by atoms with van der Waals surface area (Å²) in [7, 11) is 0. The maximum atomic E-state index is 12.8. The molecule has 1 fully saturated rings. The zero-order chi connectivity index (χ0) is 18.7. The molecule has 1 aromatic heterocycles. The molecule has 1 aliphatic rings. The summed E-state index contributed by atoms with van der Waals surface area (Å²) < 4.78 is 5.45. The summed E-state index contributed by atoms with van der Waals surface area (Å²) in [5.41, 5.74) is -0.617. The molecule has 2 aromatic rings. The van der Waals surface area contributed by atoms with E-state index < -0.39 is 23.6 Å². The maximum absolute atomic E-state index is 12.8. The van der Waals surface area contributed by atoms with Gasteiger partial charge in [-0.05, 0) is 36.1 Å². The van der Waals surface area contributed by atoms with Crippen LogP contribution in [-0.4, -0.2) is 41.2 Å². The molecule has 0 unspecified atom stereocenters. The average molecular weight is 395 g/mol. The second-order valence-corrected chi connectivity index (χ2v) is 7.70. The molecule has 1 aliphatic heterocycles. The van der Waals surface area contributed by atoms with Crippen LogP contribution in [0.1, 0.15) is 17.4 Å². The number of halogens is 1. The molecule has 0 radical (unpaired) electrons. The summed E-state index contributed by atoms with van der Waals surface area (Å²) in [5.74, 6) is -0.429. The highest BCUT2D eigenvalue weighted by Gasteiger charge is 2.49. The molecule has 2 heterocycles. The van der Waals surface area contributed by atoms with Crippen molar-refractivity contribution in [2.75, 3.05) is 13.2 Å². The second-order valence-electron chi connectivity index (χ2n) is 6.23. The predicted molar refractivity (Wildman–Crippen MR) is 99.0 cm³/mol. The number of nitrogens with one attached hydrogen (secondary N) is 1. The van der Waals surface area contributed by atoms with E-state index in [1.807, 2.05) is 17.5 Å². The van der Waals surface area contributed by atoms with E-state index in [0.717, 1.165) is 9.78 Å². The Morgan fingerprint density at radius 1 is 1.35 bits per heavy atom. The number of aliphatic hydroxyl groups excluding tert-OH is 1. The number of imide groups is 1. The Labute approximate surface area is 160 Å². The van der Waals surface area contributed by atoms with Crippen molar-refractivity contribution < 1.29 is 19.4 Å². The predicted octanol–water partition coefficient (Wildman–Crippen LogP) is 2.75.